The SMILES string of the molecule is CCOC(=O)c1c(N2CCN(C(=O)c3ccco3)CC2)c2ccccc2n(Cc2ccc(OC)cc2)c1=O. The largest absolute Gasteiger partial charge is 0.497 e. The fourth-order valence-corrected chi connectivity index (χ4v) is 4.87. The zero-order valence-electron chi connectivity index (χ0n) is 21.4. The second-order valence-corrected chi connectivity index (χ2v) is 8.96. The quantitative estimate of drug-likeness (QED) is 0.346. The van der Waals surface area contributed by atoms with E-state index in [0.717, 1.165) is 16.7 Å². The van der Waals surface area contributed by atoms with Crippen molar-refractivity contribution in [2.75, 3.05) is 44.8 Å². The Bertz CT molecular complexity index is 1500. The topological polar surface area (TPSA) is 94.2 Å². The van der Waals surface area contributed by atoms with Gasteiger partial charge in [-0.15, -0.1) is 0 Å². The molecule has 1 saturated heterocycles. The molecule has 4 aromatic rings. The Morgan fingerprint density at radius 2 is 1.68 bits per heavy atom. The monoisotopic (exact) mass is 515 g/mol. The van der Waals surface area contributed by atoms with E-state index >= 15 is 0 Å². The zero-order chi connectivity index (χ0) is 26.6. The summed E-state index contributed by atoms with van der Waals surface area (Å²) in [5.74, 6) is 0.172. The number of hydrogen-bond donors (Lipinski definition) is 0. The van der Waals surface area contributed by atoms with E-state index in [0.29, 0.717) is 37.4 Å². The van der Waals surface area contributed by atoms with Crippen molar-refractivity contribution in [3.8, 4) is 5.75 Å². The number of amides is 1. The highest BCUT2D eigenvalue weighted by Gasteiger charge is 2.30. The van der Waals surface area contributed by atoms with Gasteiger partial charge in [-0.2, -0.15) is 0 Å². The zero-order valence-corrected chi connectivity index (χ0v) is 21.4. The molecule has 3 heterocycles. The summed E-state index contributed by atoms with van der Waals surface area (Å²) >= 11 is 0. The van der Waals surface area contributed by atoms with Gasteiger partial charge < -0.3 is 28.3 Å². The van der Waals surface area contributed by atoms with Crippen molar-refractivity contribution in [2.45, 2.75) is 13.5 Å². The van der Waals surface area contributed by atoms with Crippen LogP contribution in [-0.2, 0) is 11.3 Å². The number of anilines is 1. The molecule has 2 aromatic heterocycles. The number of aromatic nitrogens is 1. The molecule has 0 N–H and O–H groups in total. The van der Waals surface area contributed by atoms with E-state index in [1.807, 2.05) is 53.4 Å². The smallest absolute Gasteiger partial charge is 0.345 e. The molecule has 1 aliphatic rings. The van der Waals surface area contributed by atoms with Gasteiger partial charge >= 0.3 is 5.97 Å². The Labute approximate surface area is 219 Å². The van der Waals surface area contributed by atoms with Crippen LogP contribution in [0, 0.1) is 0 Å². The fourth-order valence-electron chi connectivity index (χ4n) is 4.87. The number of rotatable bonds is 7. The Morgan fingerprint density at radius 1 is 0.947 bits per heavy atom. The Kier molecular flexibility index (Phi) is 7.17. The number of methoxy groups -OCH3 is 1. The Hall–Kier alpha value is -4.53. The van der Waals surface area contributed by atoms with Gasteiger partial charge in [0, 0.05) is 31.6 Å². The lowest BCUT2D eigenvalue weighted by molar-refractivity contribution is 0.0523. The molecule has 0 atom stereocenters. The standard InChI is InChI=1S/C29H29N3O6/c1-3-37-29(35)25-26(30-14-16-31(17-15-30)27(33)24-9-6-18-38-24)22-7-4-5-8-23(22)32(28(25)34)19-20-10-12-21(36-2)13-11-20/h4-13,18H,3,14-17,19H2,1-2H3. The van der Waals surface area contributed by atoms with Gasteiger partial charge in [0.1, 0.15) is 11.3 Å². The number of furan rings is 1. The van der Waals surface area contributed by atoms with Crippen LogP contribution in [0.1, 0.15) is 33.4 Å². The number of hydrogen-bond acceptors (Lipinski definition) is 7. The Balaban J connectivity index is 1.56. The first-order valence-corrected chi connectivity index (χ1v) is 12.5. The summed E-state index contributed by atoms with van der Waals surface area (Å²) in [6.07, 6.45) is 1.47. The lowest BCUT2D eigenvalue weighted by Crippen LogP contribution is -2.49. The molecule has 2 aromatic carbocycles. The number of para-hydroxylation sites is 1. The summed E-state index contributed by atoms with van der Waals surface area (Å²) < 4.78 is 17.5. The maximum Gasteiger partial charge on any atom is 0.345 e. The van der Waals surface area contributed by atoms with Crippen molar-refractivity contribution in [1.82, 2.24) is 9.47 Å². The van der Waals surface area contributed by atoms with Gasteiger partial charge in [-0.25, -0.2) is 4.79 Å². The molecule has 1 amide bonds. The molecule has 0 radical (unpaired) electrons. The first-order chi connectivity index (χ1) is 18.5. The molecule has 1 aliphatic heterocycles. The average Bonchev–Trinajstić information content (AvgIpc) is 3.49. The first kappa shape index (κ1) is 25.1. The van der Waals surface area contributed by atoms with Crippen LogP contribution in [0.25, 0.3) is 10.9 Å². The third-order valence-electron chi connectivity index (χ3n) is 6.74. The number of carbonyl (C=O) groups excluding carboxylic acids is 2. The first-order valence-electron chi connectivity index (χ1n) is 12.5. The van der Waals surface area contributed by atoms with Crippen LogP contribution in [0.3, 0.4) is 0 Å². The van der Waals surface area contributed by atoms with E-state index < -0.39 is 11.5 Å². The molecule has 0 bridgehead atoms. The van der Waals surface area contributed by atoms with Crippen LogP contribution in [0.4, 0.5) is 5.69 Å². The van der Waals surface area contributed by atoms with Gasteiger partial charge in [0.25, 0.3) is 11.5 Å². The number of benzene rings is 2. The summed E-state index contributed by atoms with van der Waals surface area (Å²) in [5.41, 5.74) is 1.74. The second-order valence-electron chi connectivity index (χ2n) is 8.96. The van der Waals surface area contributed by atoms with E-state index in [2.05, 4.69) is 0 Å². The number of fused-ring (bicyclic) bond motifs is 1. The van der Waals surface area contributed by atoms with Crippen LogP contribution in [0.5, 0.6) is 5.75 Å². The summed E-state index contributed by atoms with van der Waals surface area (Å²) in [6, 6.07) is 18.4. The lowest BCUT2D eigenvalue weighted by Gasteiger charge is -2.37. The highest BCUT2D eigenvalue weighted by atomic mass is 16.5. The number of piperazine rings is 1. The number of pyridine rings is 1. The van der Waals surface area contributed by atoms with Crippen LogP contribution in [0.15, 0.2) is 76.1 Å². The third-order valence-corrected chi connectivity index (χ3v) is 6.74. The van der Waals surface area contributed by atoms with E-state index in [1.54, 1.807) is 35.6 Å². The molecule has 9 nitrogen and oxygen atoms in total. The van der Waals surface area contributed by atoms with Crippen molar-refractivity contribution in [2.24, 2.45) is 0 Å². The summed E-state index contributed by atoms with van der Waals surface area (Å²) in [5, 5.41) is 0.773. The molecule has 1 fully saturated rings. The number of esters is 1. The molecule has 0 unspecified atom stereocenters. The minimum atomic E-state index is -0.657. The van der Waals surface area contributed by atoms with Crippen molar-refractivity contribution in [1.29, 1.82) is 0 Å². The van der Waals surface area contributed by atoms with E-state index in [9.17, 15) is 14.4 Å². The van der Waals surface area contributed by atoms with E-state index in [-0.39, 0.29) is 30.4 Å². The van der Waals surface area contributed by atoms with Crippen molar-refractivity contribution >= 4 is 28.5 Å². The van der Waals surface area contributed by atoms with Gasteiger partial charge in [0.15, 0.2) is 5.76 Å². The number of nitrogens with zero attached hydrogens (tertiary/aromatic N) is 3. The molecule has 38 heavy (non-hydrogen) atoms. The minimum Gasteiger partial charge on any atom is -0.497 e. The molecular formula is C29H29N3O6. The van der Waals surface area contributed by atoms with Crippen molar-refractivity contribution in [3.05, 3.63) is 94.2 Å². The molecular weight excluding hydrogens is 486 g/mol. The molecule has 0 spiro atoms. The summed E-state index contributed by atoms with van der Waals surface area (Å²) in [7, 11) is 1.60. The third kappa shape index (κ3) is 4.74. The lowest BCUT2D eigenvalue weighted by atomic mass is 10.0. The van der Waals surface area contributed by atoms with E-state index in [4.69, 9.17) is 13.9 Å². The maximum atomic E-state index is 14.0. The van der Waals surface area contributed by atoms with Crippen LogP contribution in [-0.4, -0.2) is 61.2 Å². The fraction of sp³-hybridized carbons (Fsp3) is 0.276. The minimum absolute atomic E-state index is 0.00451. The molecule has 0 aliphatic carbocycles. The van der Waals surface area contributed by atoms with Gasteiger partial charge in [-0.1, -0.05) is 30.3 Å². The molecule has 5 rings (SSSR count). The molecule has 0 saturated carbocycles. The van der Waals surface area contributed by atoms with Gasteiger partial charge in [-0.3, -0.25) is 9.59 Å². The molecule has 9 heteroatoms. The van der Waals surface area contributed by atoms with E-state index in [1.165, 1.54) is 6.26 Å². The average molecular weight is 516 g/mol. The predicted molar refractivity (Wildman–Crippen MR) is 143 cm³/mol. The highest BCUT2D eigenvalue weighted by Crippen LogP contribution is 2.31. The van der Waals surface area contributed by atoms with Crippen LogP contribution < -0.4 is 15.2 Å². The van der Waals surface area contributed by atoms with Gasteiger partial charge in [0.2, 0.25) is 0 Å². The van der Waals surface area contributed by atoms with Gasteiger partial charge in [-0.05, 0) is 42.8 Å². The Morgan fingerprint density at radius 3 is 2.34 bits per heavy atom. The molecule has 196 valence electrons. The summed E-state index contributed by atoms with van der Waals surface area (Å²) in [6.45, 7) is 3.88. The highest BCUT2D eigenvalue weighted by molar-refractivity contribution is 6.05. The van der Waals surface area contributed by atoms with Crippen molar-refractivity contribution < 1.29 is 23.5 Å². The van der Waals surface area contributed by atoms with Crippen LogP contribution >= 0.6 is 0 Å². The number of ether oxygens (including phenoxy) is 2. The maximum absolute atomic E-state index is 14.0. The summed E-state index contributed by atoms with van der Waals surface area (Å²) in [4.78, 5) is 43.7. The van der Waals surface area contributed by atoms with Crippen LogP contribution in [0.2, 0.25) is 0 Å². The second kappa shape index (κ2) is 10.8. The normalized spacial score (nSPS) is 13.5. The van der Waals surface area contributed by atoms with Crippen molar-refractivity contribution in [3.63, 3.8) is 0 Å². The number of carbonyl (C=O) groups is 2. The predicted octanol–water partition coefficient (Wildman–Crippen LogP) is 3.79. The van der Waals surface area contributed by atoms with Gasteiger partial charge in [0.05, 0.1) is 37.7 Å².